The molecule has 0 aliphatic rings. The highest BCUT2D eigenvalue weighted by molar-refractivity contribution is 9.10. The maximum absolute atomic E-state index is 12.4. The van der Waals surface area contributed by atoms with Gasteiger partial charge in [-0.25, -0.2) is 4.98 Å². The number of hydrogen-bond donors (Lipinski definition) is 1. The Labute approximate surface area is 152 Å². The van der Waals surface area contributed by atoms with Crippen LogP contribution in [0.5, 0.6) is 0 Å². The van der Waals surface area contributed by atoms with Gasteiger partial charge < -0.3 is 14.1 Å². The highest BCUT2D eigenvalue weighted by Crippen LogP contribution is 2.28. The van der Waals surface area contributed by atoms with E-state index >= 15 is 0 Å². The van der Waals surface area contributed by atoms with Gasteiger partial charge >= 0.3 is 0 Å². The number of furan rings is 1. The number of aromatic nitrogens is 2. The van der Waals surface area contributed by atoms with Crippen molar-refractivity contribution in [2.75, 3.05) is 5.32 Å². The van der Waals surface area contributed by atoms with Gasteiger partial charge in [0, 0.05) is 18.0 Å². The molecule has 25 heavy (non-hydrogen) atoms. The Hall–Kier alpha value is -2.86. The zero-order valence-corrected chi connectivity index (χ0v) is 14.9. The fourth-order valence-corrected chi connectivity index (χ4v) is 3.03. The third kappa shape index (κ3) is 2.96. The van der Waals surface area contributed by atoms with E-state index in [9.17, 15) is 4.79 Å². The van der Waals surface area contributed by atoms with E-state index in [0.717, 1.165) is 22.5 Å². The minimum Gasteiger partial charge on any atom is -0.444 e. The lowest BCUT2D eigenvalue weighted by atomic mass is 10.1. The van der Waals surface area contributed by atoms with Crippen molar-refractivity contribution in [3.8, 4) is 11.3 Å². The third-order valence-corrected chi connectivity index (χ3v) is 4.35. The van der Waals surface area contributed by atoms with E-state index in [2.05, 4.69) is 21.2 Å². The van der Waals surface area contributed by atoms with E-state index in [1.807, 2.05) is 60.1 Å². The van der Waals surface area contributed by atoms with E-state index in [-0.39, 0.29) is 11.7 Å². The van der Waals surface area contributed by atoms with Crippen molar-refractivity contribution in [1.82, 2.24) is 9.38 Å². The molecule has 1 amide bonds. The van der Waals surface area contributed by atoms with Crippen molar-refractivity contribution in [2.24, 2.45) is 0 Å². The highest BCUT2D eigenvalue weighted by Gasteiger charge is 2.15. The van der Waals surface area contributed by atoms with E-state index in [0.29, 0.717) is 10.4 Å². The standard InChI is InChI=1S/C19H14BrN3O2/c1-12-5-4-10-23-11-15(21-18(12)23)13-6-2-3-7-14(13)22-19(24)16-8-9-17(20)25-16/h2-11H,1H3,(H,22,24). The number of imidazole rings is 1. The molecule has 0 radical (unpaired) electrons. The molecule has 1 aromatic carbocycles. The average molecular weight is 396 g/mol. The van der Waals surface area contributed by atoms with Gasteiger partial charge in [-0.05, 0) is 52.7 Å². The minimum absolute atomic E-state index is 0.243. The van der Waals surface area contributed by atoms with Crippen molar-refractivity contribution in [1.29, 1.82) is 0 Å². The topological polar surface area (TPSA) is 59.5 Å². The first kappa shape index (κ1) is 15.7. The number of para-hydroxylation sites is 1. The second-order valence-electron chi connectivity index (χ2n) is 5.65. The lowest BCUT2D eigenvalue weighted by Crippen LogP contribution is -2.11. The van der Waals surface area contributed by atoms with Gasteiger partial charge in [0.1, 0.15) is 5.65 Å². The lowest BCUT2D eigenvalue weighted by molar-refractivity contribution is 0.0995. The van der Waals surface area contributed by atoms with E-state index in [1.165, 1.54) is 0 Å². The molecule has 0 spiro atoms. The number of nitrogens with zero attached hydrogens (tertiary/aromatic N) is 2. The van der Waals surface area contributed by atoms with Gasteiger partial charge in [-0.15, -0.1) is 0 Å². The summed E-state index contributed by atoms with van der Waals surface area (Å²) < 4.78 is 7.81. The van der Waals surface area contributed by atoms with Crippen LogP contribution in [0.4, 0.5) is 5.69 Å². The van der Waals surface area contributed by atoms with Gasteiger partial charge in [-0.1, -0.05) is 24.3 Å². The molecule has 0 atom stereocenters. The van der Waals surface area contributed by atoms with Gasteiger partial charge in [0.25, 0.3) is 5.91 Å². The monoisotopic (exact) mass is 395 g/mol. The van der Waals surface area contributed by atoms with Crippen molar-refractivity contribution in [2.45, 2.75) is 6.92 Å². The van der Waals surface area contributed by atoms with Crippen molar-refractivity contribution >= 4 is 33.2 Å². The number of aryl methyl sites for hydroxylation is 1. The number of hydrogen-bond acceptors (Lipinski definition) is 3. The number of amides is 1. The molecule has 3 aromatic heterocycles. The summed E-state index contributed by atoms with van der Waals surface area (Å²) in [4.78, 5) is 17.1. The maximum atomic E-state index is 12.4. The smallest absolute Gasteiger partial charge is 0.291 e. The third-order valence-electron chi connectivity index (χ3n) is 3.93. The molecule has 4 rings (SSSR count). The number of carbonyl (C=O) groups is 1. The molecule has 0 saturated heterocycles. The molecule has 0 fully saturated rings. The van der Waals surface area contributed by atoms with E-state index < -0.39 is 0 Å². The number of halogens is 1. The second kappa shape index (κ2) is 6.22. The van der Waals surface area contributed by atoms with Crippen molar-refractivity contribution in [3.63, 3.8) is 0 Å². The molecule has 0 aliphatic carbocycles. The summed E-state index contributed by atoms with van der Waals surface area (Å²) in [5.74, 6) is -0.0642. The van der Waals surface area contributed by atoms with Crippen LogP contribution in [0.2, 0.25) is 0 Å². The first-order valence-electron chi connectivity index (χ1n) is 7.72. The molecule has 4 aromatic rings. The molecule has 5 nitrogen and oxygen atoms in total. The Balaban J connectivity index is 1.73. The molecule has 3 heterocycles. The zero-order valence-electron chi connectivity index (χ0n) is 13.4. The quantitative estimate of drug-likeness (QED) is 0.535. The number of fused-ring (bicyclic) bond motifs is 1. The van der Waals surface area contributed by atoms with Gasteiger partial charge in [0.05, 0.1) is 11.4 Å². The summed E-state index contributed by atoms with van der Waals surface area (Å²) in [7, 11) is 0. The number of benzene rings is 1. The van der Waals surface area contributed by atoms with Gasteiger partial charge in [-0.2, -0.15) is 0 Å². The Bertz CT molecular complexity index is 1080. The highest BCUT2D eigenvalue weighted by atomic mass is 79.9. The van der Waals surface area contributed by atoms with Crippen molar-refractivity contribution in [3.05, 3.63) is 76.9 Å². The number of carbonyl (C=O) groups excluding carboxylic acids is 1. The predicted octanol–water partition coefficient (Wildman–Crippen LogP) is 4.92. The van der Waals surface area contributed by atoms with Crippen LogP contribution in [-0.2, 0) is 0 Å². The minimum atomic E-state index is -0.307. The molecule has 124 valence electrons. The molecule has 0 saturated carbocycles. The Morgan fingerprint density at radius 2 is 2.00 bits per heavy atom. The molecule has 0 aliphatic heterocycles. The zero-order chi connectivity index (χ0) is 17.4. The Kier molecular flexibility index (Phi) is 3.89. The molecule has 0 unspecified atom stereocenters. The summed E-state index contributed by atoms with van der Waals surface area (Å²) >= 11 is 3.20. The second-order valence-corrected chi connectivity index (χ2v) is 6.43. The normalized spacial score (nSPS) is 11.0. The van der Waals surface area contributed by atoms with E-state index in [4.69, 9.17) is 9.40 Å². The first-order chi connectivity index (χ1) is 12.1. The molecule has 1 N–H and O–H groups in total. The first-order valence-corrected chi connectivity index (χ1v) is 8.51. The van der Waals surface area contributed by atoms with Crippen LogP contribution in [0.15, 0.2) is 70.0 Å². The van der Waals surface area contributed by atoms with Gasteiger partial charge in [0.2, 0.25) is 0 Å². The summed E-state index contributed by atoms with van der Waals surface area (Å²) in [5, 5.41) is 2.89. The molecule has 6 heteroatoms. The number of rotatable bonds is 3. The van der Waals surface area contributed by atoms with Crippen LogP contribution >= 0.6 is 15.9 Å². The van der Waals surface area contributed by atoms with Crippen LogP contribution in [0.3, 0.4) is 0 Å². The molecule has 0 bridgehead atoms. The van der Waals surface area contributed by atoms with Crippen LogP contribution in [0.25, 0.3) is 16.9 Å². The average Bonchev–Trinajstić information content (AvgIpc) is 3.22. The SMILES string of the molecule is Cc1cccn2cc(-c3ccccc3NC(=O)c3ccc(Br)o3)nc12. The molecular formula is C19H14BrN3O2. The van der Waals surface area contributed by atoms with Gasteiger partial charge in [0.15, 0.2) is 10.4 Å². The summed E-state index contributed by atoms with van der Waals surface area (Å²) in [6.07, 6.45) is 3.91. The van der Waals surface area contributed by atoms with Crippen LogP contribution < -0.4 is 5.32 Å². The fourth-order valence-electron chi connectivity index (χ4n) is 2.72. The lowest BCUT2D eigenvalue weighted by Gasteiger charge is -2.08. The maximum Gasteiger partial charge on any atom is 0.291 e. The van der Waals surface area contributed by atoms with E-state index in [1.54, 1.807) is 12.1 Å². The summed E-state index contributed by atoms with van der Waals surface area (Å²) in [6, 6.07) is 14.9. The summed E-state index contributed by atoms with van der Waals surface area (Å²) in [5.41, 5.74) is 4.32. The van der Waals surface area contributed by atoms with Crippen LogP contribution in [-0.4, -0.2) is 15.3 Å². The largest absolute Gasteiger partial charge is 0.444 e. The Morgan fingerprint density at radius 3 is 2.76 bits per heavy atom. The van der Waals surface area contributed by atoms with Crippen LogP contribution in [0.1, 0.15) is 16.1 Å². The number of pyridine rings is 1. The molecular weight excluding hydrogens is 382 g/mol. The van der Waals surface area contributed by atoms with Crippen LogP contribution in [0, 0.1) is 6.92 Å². The summed E-state index contributed by atoms with van der Waals surface area (Å²) in [6.45, 7) is 2.02. The van der Waals surface area contributed by atoms with Crippen molar-refractivity contribution < 1.29 is 9.21 Å². The Morgan fingerprint density at radius 1 is 1.16 bits per heavy atom. The fraction of sp³-hybridized carbons (Fsp3) is 0.0526. The number of anilines is 1. The number of nitrogens with one attached hydrogen (secondary N) is 1. The predicted molar refractivity (Wildman–Crippen MR) is 99.7 cm³/mol. The van der Waals surface area contributed by atoms with Gasteiger partial charge in [-0.3, -0.25) is 4.79 Å².